The van der Waals surface area contributed by atoms with E-state index in [1.807, 2.05) is 12.4 Å². The van der Waals surface area contributed by atoms with Crippen LogP contribution in [-0.4, -0.2) is 9.38 Å². The second-order valence-electron chi connectivity index (χ2n) is 12.1. The van der Waals surface area contributed by atoms with Gasteiger partial charge in [0.25, 0.3) is 0 Å². The molecule has 0 bridgehead atoms. The summed E-state index contributed by atoms with van der Waals surface area (Å²) < 4.78 is 2.35. The largest absolute Gasteiger partial charge is 0.315 e. The Hall–Kier alpha value is -6.45. The van der Waals surface area contributed by atoms with E-state index in [0.717, 1.165) is 17.1 Å². The fraction of sp³-hybridized carbons (Fsp3) is 0. The Labute approximate surface area is 279 Å². The van der Waals surface area contributed by atoms with Gasteiger partial charge in [-0.15, -0.1) is 0 Å². The van der Waals surface area contributed by atoms with Crippen molar-refractivity contribution in [3.8, 4) is 33.4 Å². The highest BCUT2D eigenvalue weighted by atomic mass is 15.1. The van der Waals surface area contributed by atoms with Crippen LogP contribution in [0.4, 0.5) is 17.1 Å². The van der Waals surface area contributed by atoms with Gasteiger partial charge in [-0.1, -0.05) is 121 Å². The lowest BCUT2D eigenvalue weighted by molar-refractivity contribution is 1.24. The summed E-state index contributed by atoms with van der Waals surface area (Å²) in [6.07, 6.45) is 6.00. The van der Waals surface area contributed by atoms with E-state index in [9.17, 15) is 0 Å². The van der Waals surface area contributed by atoms with Crippen LogP contribution in [0.3, 0.4) is 0 Å². The monoisotopic (exact) mass is 613 g/mol. The molecule has 0 fully saturated rings. The average Bonchev–Trinajstić information content (AvgIpc) is 3.48. The molecule has 0 spiro atoms. The molecule has 0 radical (unpaired) electrons. The van der Waals surface area contributed by atoms with Crippen molar-refractivity contribution in [1.29, 1.82) is 0 Å². The Morgan fingerprint density at radius 3 is 1.85 bits per heavy atom. The topological polar surface area (TPSA) is 20.5 Å². The smallest absolute Gasteiger partial charge is 0.0547 e. The third kappa shape index (κ3) is 4.81. The number of nitrogens with zero attached hydrogens (tertiary/aromatic N) is 3. The van der Waals surface area contributed by atoms with Gasteiger partial charge in [-0.3, -0.25) is 4.98 Å². The van der Waals surface area contributed by atoms with Crippen molar-refractivity contribution in [3.05, 3.63) is 188 Å². The maximum Gasteiger partial charge on any atom is 0.0547 e. The highest BCUT2D eigenvalue weighted by Crippen LogP contribution is 2.41. The van der Waals surface area contributed by atoms with Gasteiger partial charge in [0.05, 0.1) is 11.0 Å². The summed E-state index contributed by atoms with van der Waals surface area (Å²) in [5.41, 5.74) is 12.9. The van der Waals surface area contributed by atoms with E-state index in [2.05, 4.69) is 190 Å². The van der Waals surface area contributed by atoms with E-state index in [4.69, 9.17) is 0 Å². The zero-order valence-corrected chi connectivity index (χ0v) is 26.2. The molecule has 226 valence electrons. The van der Waals surface area contributed by atoms with Crippen molar-refractivity contribution in [2.45, 2.75) is 0 Å². The van der Waals surface area contributed by atoms with Crippen molar-refractivity contribution >= 4 is 44.3 Å². The fourth-order valence-electron chi connectivity index (χ4n) is 7.04. The molecule has 0 unspecified atom stereocenters. The van der Waals surface area contributed by atoms with Crippen LogP contribution in [0.1, 0.15) is 0 Å². The molecule has 9 aromatic rings. The summed E-state index contributed by atoms with van der Waals surface area (Å²) in [5, 5.41) is 3.69. The molecule has 9 rings (SSSR count). The van der Waals surface area contributed by atoms with Crippen LogP contribution < -0.4 is 4.90 Å². The first-order valence-corrected chi connectivity index (χ1v) is 16.3. The van der Waals surface area contributed by atoms with E-state index >= 15 is 0 Å². The Morgan fingerprint density at radius 1 is 0.417 bits per heavy atom. The zero-order valence-electron chi connectivity index (χ0n) is 26.2. The molecule has 3 heterocycles. The quantitative estimate of drug-likeness (QED) is 0.186. The van der Waals surface area contributed by atoms with E-state index < -0.39 is 0 Å². The minimum absolute atomic E-state index is 1.06. The summed E-state index contributed by atoms with van der Waals surface area (Å²) in [4.78, 5) is 6.61. The average molecular weight is 614 g/mol. The van der Waals surface area contributed by atoms with Gasteiger partial charge < -0.3 is 9.30 Å². The minimum atomic E-state index is 1.06. The van der Waals surface area contributed by atoms with Crippen molar-refractivity contribution in [3.63, 3.8) is 0 Å². The number of benzene rings is 6. The summed E-state index contributed by atoms with van der Waals surface area (Å²) in [6, 6.07) is 60.8. The normalized spacial score (nSPS) is 11.3. The van der Waals surface area contributed by atoms with Crippen LogP contribution in [0.5, 0.6) is 0 Å². The number of hydrogen-bond donors (Lipinski definition) is 0. The van der Waals surface area contributed by atoms with Gasteiger partial charge >= 0.3 is 0 Å². The molecule has 0 atom stereocenters. The molecule has 3 nitrogen and oxygen atoms in total. The number of hydrogen-bond acceptors (Lipinski definition) is 2. The van der Waals surface area contributed by atoms with E-state index in [1.165, 1.54) is 60.6 Å². The number of pyridine rings is 2. The molecule has 0 amide bonds. The predicted octanol–water partition coefficient (Wildman–Crippen LogP) is 12.1. The Balaban J connectivity index is 1.20. The number of anilines is 3. The number of rotatable bonds is 6. The second kappa shape index (κ2) is 11.7. The summed E-state index contributed by atoms with van der Waals surface area (Å²) >= 11 is 0. The molecule has 0 aliphatic carbocycles. The summed E-state index contributed by atoms with van der Waals surface area (Å²) in [7, 11) is 0. The Kier molecular flexibility index (Phi) is 6.80. The second-order valence-corrected chi connectivity index (χ2v) is 12.1. The lowest BCUT2D eigenvalue weighted by atomic mass is 9.97. The lowest BCUT2D eigenvalue weighted by Crippen LogP contribution is -2.10. The van der Waals surface area contributed by atoms with E-state index in [0.29, 0.717) is 0 Å². The lowest BCUT2D eigenvalue weighted by Gasteiger charge is -2.26. The molecular weight excluding hydrogens is 583 g/mol. The molecule has 6 aromatic carbocycles. The van der Waals surface area contributed by atoms with Gasteiger partial charge in [0.15, 0.2) is 0 Å². The molecule has 0 saturated heterocycles. The number of para-hydroxylation sites is 1. The van der Waals surface area contributed by atoms with Crippen LogP contribution in [0, 0.1) is 0 Å². The first-order valence-electron chi connectivity index (χ1n) is 16.3. The maximum atomic E-state index is 4.31. The fourth-order valence-corrected chi connectivity index (χ4v) is 7.04. The van der Waals surface area contributed by atoms with Crippen molar-refractivity contribution < 1.29 is 0 Å². The molecule has 0 aliphatic heterocycles. The number of aromatic nitrogens is 2. The van der Waals surface area contributed by atoms with Crippen molar-refractivity contribution in [2.75, 3.05) is 4.90 Å². The first-order chi connectivity index (χ1) is 23.8. The minimum Gasteiger partial charge on any atom is -0.315 e. The third-order valence-electron chi connectivity index (χ3n) is 9.27. The van der Waals surface area contributed by atoms with Gasteiger partial charge in [-0.25, -0.2) is 0 Å². The molecule has 0 saturated carbocycles. The maximum absolute atomic E-state index is 4.31. The van der Waals surface area contributed by atoms with Gasteiger partial charge in [0.1, 0.15) is 0 Å². The Morgan fingerprint density at radius 2 is 1.06 bits per heavy atom. The van der Waals surface area contributed by atoms with Crippen molar-refractivity contribution in [2.24, 2.45) is 0 Å². The standard InChI is InChI=1S/C45H31N3/c1-3-11-32(12-4-1)33-21-23-37(24-22-33)48(38-25-27-46-28-26-38)39-17-9-15-35(29-39)40-19-10-16-36-31-47-43-20-8-7-18-41(43)45(44(47)30-42(36)40)34-13-5-2-6-14-34/h1-31H. The van der Waals surface area contributed by atoms with Gasteiger partial charge in [-0.2, -0.15) is 0 Å². The summed E-state index contributed by atoms with van der Waals surface area (Å²) in [6.45, 7) is 0. The van der Waals surface area contributed by atoms with Crippen LogP contribution in [0.2, 0.25) is 0 Å². The first kappa shape index (κ1) is 27.8. The Bertz CT molecular complexity index is 2540. The third-order valence-corrected chi connectivity index (χ3v) is 9.27. The molecule has 3 aromatic heterocycles. The highest BCUT2D eigenvalue weighted by molar-refractivity contribution is 6.10. The van der Waals surface area contributed by atoms with Crippen LogP contribution in [0.15, 0.2) is 188 Å². The molecule has 3 heteroatoms. The van der Waals surface area contributed by atoms with Crippen LogP contribution in [-0.2, 0) is 0 Å². The highest BCUT2D eigenvalue weighted by Gasteiger charge is 2.17. The van der Waals surface area contributed by atoms with Crippen LogP contribution in [0.25, 0.3) is 60.6 Å². The van der Waals surface area contributed by atoms with Crippen LogP contribution >= 0.6 is 0 Å². The van der Waals surface area contributed by atoms with Gasteiger partial charge in [-0.05, 0) is 87.1 Å². The summed E-state index contributed by atoms with van der Waals surface area (Å²) in [5.74, 6) is 0. The zero-order chi connectivity index (χ0) is 31.9. The SMILES string of the molecule is c1ccc(-c2ccc(N(c3ccncc3)c3cccc(-c4cccc5cn6c(cc45)c(-c4ccccc4)c4ccccc46)c3)cc2)cc1. The predicted molar refractivity (Wildman–Crippen MR) is 201 cm³/mol. The van der Waals surface area contributed by atoms with Gasteiger partial charge in [0.2, 0.25) is 0 Å². The van der Waals surface area contributed by atoms with E-state index in [-0.39, 0.29) is 0 Å². The molecule has 0 aliphatic rings. The van der Waals surface area contributed by atoms with Crippen molar-refractivity contribution in [1.82, 2.24) is 9.38 Å². The molecule has 0 N–H and O–H groups in total. The number of fused-ring (bicyclic) bond motifs is 4. The molecule has 48 heavy (non-hydrogen) atoms. The van der Waals surface area contributed by atoms with E-state index in [1.54, 1.807) is 0 Å². The van der Waals surface area contributed by atoms with Gasteiger partial charge in [0, 0.05) is 46.6 Å². The molecular formula is C45H31N3.